The predicted molar refractivity (Wildman–Crippen MR) is 171 cm³/mol. The Morgan fingerprint density at radius 2 is 1.22 bits per heavy atom. The Labute approximate surface area is 268 Å². The standard InChI is InChI=1S/C35H36ClN3O6/c1-40-35-34(44-22-27-15-9-4-10-16-27)33(43-21-26-13-7-3-8-14-26)32(31(45-35)24-41-20-25-11-5-2-6-12-25)42-23-28-17-18-30(38-39-37)29(36)19-28/h2-19,31-35H,20-24H2,1H3/t31-,32-,33+,34-,35+/m1/s1. The van der Waals surface area contributed by atoms with Crippen molar-refractivity contribution in [3.05, 3.63) is 147 Å². The molecule has 10 heteroatoms. The summed E-state index contributed by atoms with van der Waals surface area (Å²) < 4.78 is 38.1. The Hall–Kier alpha value is -3.76. The van der Waals surface area contributed by atoms with Crippen LogP contribution in [0.2, 0.25) is 5.02 Å². The van der Waals surface area contributed by atoms with E-state index in [0.29, 0.717) is 30.5 Å². The molecule has 1 aliphatic heterocycles. The molecule has 0 aliphatic carbocycles. The first-order chi connectivity index (χ1) is 22.1. The number of azide groups is 1. The van der Waals surface area contributed by atoms with E-state index in [2.05, 4.69) is 10.0 Å². The van der Waals surface area contributed by atoms with Gasteiger partial charge in [0.2, 0.25) is 0 Å². The lowest BCUT2D eigenvalue weighted by molar-refractivity contribution is -0.323. The topological polar surface area (TPSA) is 104 Å². The van der Waals surface area contributed by atoms with Gasteiger partial charge in [-0.2, -0.15) is 0 Å². The molecule has 5 atom stereocenters. The van der Waals surface area contributed by atoms with Crippen molar-refractivity contribution in [3.8, 4) is 0 Å². The molecule has 5 rings (SSSR count). The van der Waals surface area contributed by atoms with Crippen molar-refractivity contribution in [1.82, 2.24) is 0 Å². The molecule has 45 heavy (non-hydrogen) atoms. The van der Waals surface area contributed by atoms with E-state index < -0.39 is 30.7 Å². The second-order valence-electron chi connectivity index (χ2n) is 10.6. The van der Waals surface area contributed by atoms with Gasteiger partial charge in [0, 0.05) is 12.0 Å². The highest BCUT2D eigenvalue weighted by molar-refractivity contribution is 6.33. The van der Waals surface area contributed by atoms with Crippen molar-refractivity contribution in [2.45, 2.75) is 57.1 Å². The lowest BCUT2D eigenvalue weighted by Gasteiger charge is -2.45. The number of rotatable bonds is 15. The molecule has 4 aromatic carbocycles. The van der Waals surface area contributed by atoms with Gasteiger partial charge in [-0.3, -0.25) is 0 Å². The minimum atomic E-state index is -0.739. The number of ether oxygens (including phenoxy) is 6. The van der Waals surface area contributed by atoms with Gasteiger partial charge in [-0.05, 0) is 33.9 Å². The van der Waals surface area contributed by atoms with Gasteiger partial charge in [0.05, 0.1) is 43.7 Å². The van der Waals surface area contributed by atoms with E-state index in [0.717, 1.165) is 22.3 Å². The largest absolute Gasteiger partial charge is 0.374 e. The van der Waals surface area contributed by atoms with Gasteiger partial charge < -0.3 is 28.4 Å². The minimum absolute atomic E-state index is 0.188. The van der Waals surface area contributed by atoms with Crippen LogP contribution in [0, 0.1) is 0 Å². The van der Waals surface area contributed by atoms with Crippen molar-refractivity contribution in [3.63, 3.8) is 0 Å². The molecule has 1 saturated heterocycles. The van der Waals surface area contributed by atoms with Crippen LogP contribution in [0.15, 0.2) is 114 Å². The molecule has 0 saturated carbocycles. The first-order valence-corrected chi connectivity index (χ1v) is 15.1. The number of nitrogens with zero attached hydrogens (tertiary/aromatic N) is 3. The summed E-state index contributed by atoms with van der Waals surface area (Å²) in [5.41, 5.74) is 13.0. The van der Waals surface area contributed by atoms with Crippen LogP contribution in [0.3, 0.4) is 0 Å². The summed E-state index contributed by atoms with van der Waals surface area (Å²) in [6.07, 6.45) is -3.10. The third-order valence-corrected chi connectivity index (χ3v) is 7.70. The summed E-state index contributed by atoms with van der Waals surface area (Å²) in [6, 6.07) is 35.0. The molecule has 4 aromatic rings. The van der Waals surface area contributed by atoms with Crippen LogP contribution in [0.25, 0.3) is 10.4 Å². The zero-order valence-corrected chi connectivity index (χ0v) is 25.7. The second kappa shape index (κ2) is 17.1. The number of halogens is 1. The molecule has 1 fully saturated rings. The van der Waals surface area contributed by atoms with E-state index in [9.17, 15) is 0 Å². The predicted octanol–water partition coefficient (Wildman–Crippen LogP) is 7.93. The van der Waals surface area contributed by atoms with E-state index in [1.165, 1.54) is 0 Å². The molecule has 0 unspecified atom stereocenters. The first-order valence-electron chi connectivity index (χ1n) is 14.7. The van der Waals surface area contributed by atoms with Crippen molar-refractivity contribution >= 4 is 17.3 Å². The van der Waals surface area contributed by atoms with Gasteiger partial charge in [-0.15, -0.1) is 0 Å². The fraction of sp³-hybridized carbons (Fsp3) is 0.314. The Morgan fingerprint density at radius 1 is 0.689 bits per heavy atom. The molecule has 9 nitrogen and oxygen atoms in total. The zero-order valence-electron chi connectivity index (χ0n) is 25.0. The SMILES string of the molecule is CO[C@H]1O[C@H](COCc2ccccc2)[C@@H](OCc2ccc(N=[N+]=[N-])c(Cl)c2)[C@H](OCc2ccccc2)[C@H]1OCc1ccccc1. The molecular weight excluding hydrogens is 594 g/mol. The van der Waals surface area contributed by atoms with Crippen molar-refractivity contribution in [1.29, 1.82) is 0 Å². The zero-order chi connectivity index (χ0) is 31.3. The minimum Gasteiger partial charge on any atom is -0.374 e. The number of benzene rings is 4. The van der Waals surface area contributed by atoms with Crippen LogP contribution in [0.4, 0.5) is 5.69 Å². The Morgan fingerprint density at radius 3 is 1.78 bits per heavy atom. The number of hydrogen-bond donors (Lipinski definition) is 0. The van der Waals surface area contributed by atoms with Gasteiger partial charge in [0.15, 0.2) is 6.29 Å². The maximum absolute atomic E-state index is 8.82. The normalized spacial score (nSPS) is 21.2. The smallest absolute Gasteiger partial charge is 0.186 e. The molecule has 0 amide bonds. The summed E-state index contributed by atoms with van der Waals surface area (Å²) in [7, 11) is 1.59. The van der Waals surface area contributed by atoms with Crippen molar-refractivity contribution < 1.29 is 28.4 Å². The molecule has 0 spiro atoms. The summed E-state index contributed by atoms with van der Waals surface area (Å²) in [5.74, 6) is 0. The van der Waals surface area contributed by atoms with Crippen LogP contribution in [0.1, 0.15) is 22.3 Å². The van der Waals surface area contributed by atoms with Crippen LogP contribution >= 0.6 is 11.6 Å². The lowest BCUT2D eigenvalue weighted by atomic mass is 9.97. The average Bonchev–Trinajstić information content (AvgIpc) is 3.08. The highest BCUT2D eigenvalue weighted by Crippen LogP contribution is 2.32. The maximum atomic E-state index is 8.82. The third kappa shape index (κ3) is 9.37. The third-order valence-electron chi connectivity index (χ3n) is 7.39. The Kier molecular flexibility index (Phi) is 12.4. The van der Waals surface area contributed by atoms with Crippen molar-refractivity contribution in [2.75, 3.05) is 13.7 Å². The average molecular weight is 630 g/mol. The molecule has 0 bridgehead atoms. The van der Waals surface area contributed by atoms with Crippen LogP contribution < -0.4 is 0 Å². The van der Waals surface area contributed by atoms with E-state index in [-0.39, 0.29) is 13.2 Å². The van der Waals surface area contributed by atoms with Gasteiger partial charge in [0.1, 0.15) is 24.4 Å². The molecule has 1 aliphatic rings. The van der Waals surface area contributed by atoms with Crippen LogP contribution in [0.5, 0.6) is 0 Å². The van der Waals surface area contributed by atoms with Crippen molar-refractivity contribution in [2.24, 2.45) is 5.11 Å². The number of methoxy groups -OCH3 is 1. The molecule has 1 heterocycles. The van der Waals surface area contributed by atoms with Gasteiger partial charge in [-0.25, -0.2) is 0 Å². The van der Waals surface area contributed by atoms with E-state index >= 15 is 0 Å². The number of hydrogen-bond acceptors (Lipinski definition) is 7. The van der Waals surface area contributed by atoms with E-state index in [4.69, 9.17) is 45.6 Å². The van der Waals surface area contributed by atoms with E-state index in [1.54, 1.807) is 19.2 Å². The van der Waals surface area contributed by atoms with Crippen LogP contribution in [-0.4, -0.2) is 44.4 Å². The van der Waals surface area contributed by atoms with Gasteiger partial charge in [0.25, 0.3) is 0 Å². The Balaban J connectivity index is 1.41. The summed E-state index contributed by atoms with van der Waals surface area (Å²) in [4.78, 5) is 2.83. The Bertz CT molecular complexity index is 1510. The molecular formula is C35H36ClN3O6. The van der Waals surface area contributed by atoms with Crippen LogP contribution in [-0.2, 0) is 54.8 Å². The maximum Gasteiger partial charge on any atom is 0.186 e. The summed E-state index contributed by atoms with van der Waals surface area (Å²) >= 11 is 6.37. The molecule has 0 radical (unpaired) electrons. The monoisotopic (exact) mass is 629 g/mol. The quantitative estimate of drug-likeness (QED) is 0.0751. The summed E-state index contributed by atoms with van der Waals surface area (Å²) in [6.45, 7) is 1.49. The van der Waals surface area contributed by atoms with E-state index in [1.807, 2.05) is 97.1 Å². The highest BCUT2D eigenvalue weighted by atomic mass is 35.5. The molecule has 0 N–H and O–H groups in total. The van der Waals surface area contributed by atoms with Gasteiger partial charge in [-0.1, -0.05) is 120 Å². The summed E-state index contributed by atoms with van der Waals surface area (Å²) in [5, 5.41) is 3.96. The highest BCUT2D eigenvalue weighted by Gasteiger charge is 2.48. The second-order valence-corrected chi connectivity index (χ2v) is 11.0. The van der Waals surface area contributed by atoms with Gasteiger partial charge >= 0.3 is 0 Å². The fourth-order valence-electron chi connectivity index (χ4n) is 5.13. The first kappa shape index (κ1) is 32.6. The molecule has 0 aromatic heterocycles. The molecule has 234 valence electrons. The lowest BCUT2D eigenvalue weighted by Crippen LogP contribution is -2.61. The fourth-order valence-corrected chi connectivity index (χ4v) is 5.37.